The Morgan fingerprint density at radius 1 is 1.41 bits per heavy atom. The zero-order valence-corrected chi connectivity index (χ0v) is 12.3. The third kappa shape index (κ3) is 3.03. The van der Waals surface area contributed by atoms with E-state index in [1.54, 1.807) is 11.8 Å². The van der Waals surface area contributed by atoms with Crippen LogP contribution in [0, 0.1) is 6.92 Å². The highest BCUT2D eigenvalue weighted by Crippen LogP contribution is 2.24. The summed E-state index contributed by atoms with van der Waals surface area (Å²) in [5, 5.41) is 0. The summed E-state index contributed by atoms with van der Waals surface area (Å²) < 4.78 is 0. The molecule has 1 aliphatic heterocycles. The largest absolute Gasteiger partial charge is 0.337 e. The molecule has 1 atom stereocenters. The Labute approximate surface area is 127 Å². The first-order valence-corrected chi connectivity index (χ1v) is 7.26. The average molecular weight is 299 g/mol. The van der Waals surface area contributed by atoms with E-state index in [0.717, 1.165) is 12.8 Å². The van der Waals surface area contributed by atoms with E-state index in [1.807, 2.05) is 0 Å². The minimum atomic E-state index is -0.153. The maximum Gasteiger partial charge on any atom is 0.274 e. The minimum absolute atomic E-state index is 0.0435. The summed E-state index contributed by atoms with van der Waals surface area (Å²) >= 11 is 0. The van der Waals surface area contributed by atoms with E-state index in [-0.39, 0.29) is 17.4 Å². The third-order valence-electron chi connectivity index (χ3n) is 3.77. The van der Waals surface area contributed by atoms with Crippen molar-refractivity contribution in [2.75, 3.05) is 13.1 Å². The molecule has 0 spiro atoms. The number of nitrogens with one attached hydrogen (secondary N) is 1. The number of carbonyl (C=O) groups excluding carboxylic acids is 1. The second-order valence-electron chi connectivity index (χ2n) is 5.45. The van der Waals surface area contributed by atoms with Crippen LogP contribution in [0.1, 0.15) is 40.8 Å². The molecule has 0 saturated carbocycles. The Bertz CT molecular complexity index is 728. The van der Waals surface area contributed by atoms with Crippen LogP contribution in [0.4, 0.5) is 0 Å². The second kappa shape index (κ2) is 6.05. The van der Waals surface area contributed by atoms with E-state index in [0.29, 0.717) is 30.3 Å². The summed E-state index contributed by atoms with van der Waals surface area (Å²) in [5.41, 5.74) is 0.879. The Morgan fingerprint density at radius 2 is 2.27 bits per heavy atom. The number of amides is 1. The molecule has 0 aromatic carbocycles. The van der Waals surface area contributed by atoms with Gasteiger partial charge in [0.1, 0.15) is 11.5 Å². The van der Waals surface area contributed by atoms with Crippen molar-refractivity contribution in [3.05, 3.63) is 52.2 Å². The Kier molecular flexibility index (Phi) is 3.95. The van der Waals surface area contributed by atoms with Crippen LogP contribution in [-0.2, 0) is 0 Å². The van der Waals surface area contributed by atoms with Crippen LogP contribution in [0.5, 0.6) is 0 Å². The van der Waals surface area contributed by atoms with Gasteiger partial charge in [0.2, 0.25) is 0 Å². The van der Waals surface area contributed by atoms with E-state index in [9.17, 15) is 9.59 Å². The zero-order valence-electron chi connectivity index (χ0n) is 12.3. The van der Waals surface area contributed by atoms with Crippen molar-refractivity contribution >= 4 is 5.91 Å². The van der Waals surface area contributed by atoms with Gasteiger partial charge in [-0.2, -0.15) is 0 Å². The lowest BCUT2D eigenvalue weighted by atomic mass is 9.97. The van der Waals surface area contributed by atoms with Gasteiger partial charge in [0.15, 0.2) is 0 Å². The molecule has 0 bridgehead atoms. The summed E-state index contributed by atoms with van der Waals surface area (Å²) in [7, 11) is 0. The Balaban J connectivity index is 1.79. The summed E-state index contributed by atoms with van der Waals surface area (Å²) in [5.74, 6) is 0.566. The topological polar surface area (TPSA) is 91.8 Å². The van der Waals surface area contributed by atoms with Gasteiger partial charge in [0.05, 0.1) is 6.20 Å². The number of H-pyrrole nitrogens is 1. The molecule has 1 saturated heterocycles. The van der Waals surface area contributed by atoms with Gasteiger partial charge in [-0.15, -0.1) is 0 Å². The highest BCUT2D eigenvalue weighted by Gasteiger charge is 2.27. The van der Waals surface area contributed by atoms with Crippen molar-refractivity contribution in [1.29, 1.82) is 0 Å². The van der Waals surface area contributed by atoms with Gasteiger partial charge < -0.3 is 9.88 Å². The minimum Gasteiger partial charge on any atom is -0.337 e. The summed E-state index contributed by atoms with van der Waals surface area (Å²) in [4.78, 5) is 41.0. The fourth-order valence-electron chi connectivity index (χ4n) is 2.75. The van der Waals surface area contributed by atoms with Crippen LogP contribution in [0.2, 0.25) is 0 Å². The maximum absolute atomic E-state index is 12.4. The number of hydrogen-bond acceptors (Lipinski definition) is 5. The van der Waals surface area contributed by atoms with Gasteiger partial charge in [-0.25, -0.2) is 9.97 Å². The van der Waals surface area contributed by atoms with E-state index in [4.69, 9.17) is 0 Å². The molecule has 7 heteroatoms. The number of rotatable bonds is 2. The average Bonchev–Trinajstić information content (AvgIpc) is 2.54. The standard InChI is InChI=1S/C15H17N5O2/c1-10-7-13(21)19-14(18-10)11-3-2-6-20(9-11)15(22)12-8-16-4-5-17-12/h4-5,7-8,11H,2-3,6,9H2,1H3,(H,18,19,21)/t11-/m0/s1. The predicted molar refractivity (Wildman–Crippen MR) is 79.5 cm³/mol. The van der Waals surface area contributed by atoms with Crippen LogP contribution in [0.15, 0.2) is 29.5 Å². The molecule has 0 unspecified atom stereocenters. The molecule has 1 fully saturated rings. The van der Waals surface area contributed by atoms with Gasteiger partial charge in [-0.05, 0) is 19.8 Å². The van der Waals surface area contributed by atoms with Crippen molar-refractivity contribution in [1.82, 2.24) is 24.8 Å². The van der Waals surface area contributed by atoms with E-state index < -0.39 is 0 Å². The van der Waals surface area contributed by atoms with Gasteiger partial charge in [-0.3, -0.25) is 14.6 Å². The third-order valence-corrected chi connectivity index (χ3v) is 3.77. The molecule has 1 aliphatic rings. The Morgan fingerprint density at radius 3 is 3.00 bits per heavy atom. The number of nitrogens with zero attached hydrogens (tertiary/aromatic N) is 4. The molecular formula is C15H17N5O2. The fourth-order valence-corrected chi connectivity index (χ4v) is 2.75. The number of aromatic amines is 1. The molecule has 2 aromatic rings. The number of aryl methyl sites for hydroxylation is 1. The van der Waals surface area contributed by atoms with Gasteiger partial charge >= 0.3 is 0 Å². The normalized spacial score (nSPS) is 18.2. The lowest BCUT2D eigenvalue weighted by Gasteiger charge is -2.32. The maximum atomic E-state index is 12.4. The molecule has 7 nitrogen and oxygen atoms in total. The van der Waals surface area contributed by atoms with Crippen molar-refractivity contribution in [3.63, 3.8) is 0 Å². The quantitative estimate of drug-likeness (QED) is 0.889. The lowest BCUT2D eigenvalue weighted by Crippen LogP contribution is -2.40. The molecule has 3 rings (SSSR count). The summed E-state index contributed by atoms with van der Waals surface area (Å²) in [6.45, 7) is 3.01. The number of aromatic nitrogens is 4. The SMILES string of the molecule is Cc1cc(=O)[nH]c([C@H]2CCCN(C(=O)c3cnccn3)C2)n1. The number of likely N-dealkylation sites (tertiary alicyclic amines) is 1. The van der Waals surface area contributed by atoms with Crippen molar-refractivity contribution in [3.8, 4) is 0 Å². The summed E-state index contributed by atoms with van der Waals surface area (Å²) in [6, 6.07) is 1.47. The van der Waals surface area contributed by atoms with Crippen LogP contribution in [0.25, 0.3) is 0 Å². The molecule has 3 heterocycles. The molecule has 2 aromatic heterocycles. The van der Waals surface area contributed by atoms with E-state index >= 15 is 0 Å². The molecule has 0 aliphatic carbocycles. The van der Waals surface area contributed by atoms with Crippen LogP contribution in [0.3, 0.4) is 0 Å². The molecule has 1 N–H and O–H groups in total. The predicted octanol–water partition coefficient (Wildman–Crippen LogP) is 0.888. The molecule has 1 amide bonds. The molecule has 22 heavy (non-hydrogen) atoms. The summed E-state index contributed by atoms with van der Waals surface area (Å²) in [6.07, 6.45) is 6.29. The van der Waals surface area contributed by atoms with E-state index in [2.05, 4.69) is 19.9 Å². The van der Waals surface area contributed by atoms with E-state index in [1.165, 1.54) is 24.7 Å². The van der Waals surface area contributed by atoms with Gasteiger partial charge in [0.25, 0.3) is 11.5 Å². The van der Waals surface area contributed by atoms with Gasteiger partial charge in [-0.1, -0.05) is 0 Å². The first-order valence-electron chi connectivity index (χ1n) is 7.26. The number of hydrogen-bond donors (Lipinski definition) is 1. The van der Waals surface area contributed by atoms with Crippen LogP contribution in [-0.4, -0.2) is 43.8 Å². The van der Waals surface area contributed by atoms with Crippen LogP contribution < -0.4 is 5.56 Å². The van der Waals surface area contributed by atoms with Crippen molar-refractivity contribution in [2.45, 2.75) is 25.7 Å². The smallest absolute Gasteiger partial charge is 0.274 e. The molecule has 0 radical (unpaired) electrons. The zero-order chi connectivity index (χ0) is 15.5. The molecule has 114 valence electrons. The van der Waals surface area contributed by atoms with Crippen molar-refractivity contribution in [2.24, 2.45) is 0 Å². The Hall–Kier alpha value is -2.57. The fraction of sp³-hybridized carbons (Fsp3) is 0.400. The first kappa shape index (κ1) is 14.4. The number of carbonyl (C=O) groups is 1. The van der Waals surface area contributed by atoms with Crippen molar-refractivity contribution < 1.29 is 4.79 Å². The lowest BCUT2D eigenvalue weighted by molar-refractivity contribution is 0.0698. The molecular weight excluding hydrogens is 282 g/mol. The second-order valence-corrected chi connectivity index (χ2v) is 5.45. The van der Waals surface area contributed by atoms with Gasteiger partial charge in [0, 0.05) is 43.2 Å². The number of piperidine rings is 1. The monoisotopic (exact) mass is 299 g/mol. The highest BCUT2D eigenvalue weighted by molar-refractivity contribution is 5.92. The van der Waals surface area contributed by atoms with Crippen LogP contribution >= 0.6 is 0 Å². The highest BCUT2D eigenvalue weighted by atomic mass is 16.2. The first-order chi connectivity index (χ1) is 10.6.